The van der Waals surface area contributed by atoms with Gasteiger partial charge in [0.1, 0.15) is 0 Å². The van der Waals surface area contributed by atoms with Gasteiger partial charge in [-0.1, -0.05) is 18.9 Å². The molecule has 1 heterocycles. The highest BCUT2D eigenvalue weighted by atomic mass is 32.1. The third-order valence-corrected chi connectivity index (χ3v) is 4.78. The van der Waals surface area contributed by atoms with Crippen LogP contribution in [-0.4, -0.2) is 41.5 Å². The van der Waals surface area contributed by atoms with E-state index in [0.29, 0.717) is 12.5 Å². The minimum atomic E-state index is 0.218. The van der Waals surface area contributed by atoms with Gasteiger partial charge in [0.05, 0.1) is 11.5 Å². The van der Waals surface area contributed by atoms with Gasteiger partial charge in [-0.25, -0.2) is 0 Å². The van der Waals surface area contributed by atoms with Crippen molar-refractivity contribution in [2.24, 2.45) is 0 Å². The van der Waals surface area contributed by atoms with E-state index < -0.39 is 0 Å². The van der Waals surface area contributed by atoms with E-state index in [2.05, 4.69) is 4.90 Å². The predicted octanol–water partition coefficient (Wildman–Crippen LogP) is 2.95. The Bertz CT molecular complexity index is 372. The quantitative estimate of drug-likeness (QED) is 0.745. The number of carbonyl (C=O) groups is 1. The zero-order valence-corrected chi connectivity index (χ0v) is 12.2. The summed E-state index contributed by atoms with van der Waals surface area (Å²) < 4.78 is 0. The molecule has 0 saturated heterocycles. The highest BCUT2D eigenvalue weighted by molar-refractivity contribution is 7.12. The molecule has 1 aliphatic carbocycles. The van der Waals surface area contributed by atoms with Crippen LogP contribution in [0.25, 0.3) is 0 Å². The molecule has 0 spiro atoms. The molecule has 0 amide bonds. The zero-order valence-electron chi connectivity index (χ0n) is 11.4. The van der Waals surface area contributed by atoms with Crippen molar-refractivity contribution in [1.82, 2.24) is 4.90 Å². The summed E-state index contributed by atoms with van der Waals surface area (Å²) in [6, 6.07) is 4.45. The molecule has 0 bridgehead atoms. The Labute approximate surface area is 119 Å². The van der Waals surface area contributed by atoms with Gasteiger partial charge in [-0.2, -0.15) is 0 Å². The van der Waals surface area contributed by atoms with Crippen LogP contribution in [0.2, 0.25) is 0 Å². The first-order chi connectivity index (χ1) is 9.31. The maximum absolute atomic E-state index is 11.9. The number of Topliss-reactive ketones (excluding diaryl/α,β-unsaturated/α-hetero) is 1. The van der Waals surface area contributed by atoms with E-state index in [0.717, 1.165) is 24.4 Å². The van der Waals surface area contributed by atoms with E-state index in [4.69, 9.17) is 5.11 Å². The lowest BCUT2D eigenvalue weighted by Gasteiger charge is -2.27. The van der Waals surface area contributed by atoms with Crippen LogP contribution in [0.15, 0.2) is 17.5 Å². The molecule has 1 aliphatic rings. The average Bonchev–Trinajstić information content (AvgIpc) is 3.10. The first-order valence-electron chi connectivity index (χ1n) is 7.23. The van der Waals surface area contributed by atoms with Crippen molar-refractivity contribution >= 4 is 17.1 Å². The molecule has 0 radical (unpaired) electrons. The van der Waals surface area contributed by atoms with E-state index in [1.165, 1.54) is 37.0 Å². The SMILES string of the molecule is O=C(CCCN(CCO)C1CCCC1)c1cccs1. The maximum atomic E-state index is 11.9. The number of thiophene rings is 1. The summed E-state index contributed by atoms with van der Waals surface area (Å²) in [6.45, 7) is 1.90. The van der Waals surface area contributed by atoms with Crippen LogP contribution in [0.4, 0.5) is 0 Å². The minimum Gasteiger partial charge on any atom is -0.395 e. The summed E-state index contributed by atoms with van der Waals surface area (Å²) in [7, 11) is 0. The summed E-state index contributed by atoms with van der Waals surface area (Å²) in [5, 5.41) is 11.1. The molecule has 106 valence electrons. The molecule has 0 aliphatic heterocycles. The molecule has 1 fully saturated rings. The molecular formula is C15H23NO2S. The molecule has 3 nitrogen and oxygen atoms in total. The Morgan fingerprint density at radius 1 is 1.37 bits per heavy atom. The van der Waals surface area contributed by atoms with Crippen molar-refractivity contribution in [2.75, 3.05) is 19.7 Å². The number of carbonyl (C=O) groups excluding carboxylic acids is 1. The minimum absolute atomic E-state index is 0.218. The Kier molecular flexibility index (Phi) is 6.01. The first kappa shape index (κ1) is 14.7. The van der Waals surface area contributed by atoms with Crippen molar-refractivity contribution in [1.29, 1.82) is 0 Å². The van der Waals surface area contributed by atoms with Crippen LogP contribution in [0.5, 0.6) is 0 Å². The molecule has 4 heteroatoms. The Morgan fingerprint density at radius 2 is 2.16 bits per heavy atom. The van der Waals surface area contributed by atoms with Crippen LogP contribution >= 0.6 is 11.3 Å². The molecule has 1 aromatic heterocycles. The number of nitrogens with zero attached hydrogens (tertiary/aromatic N) is 1. The molecular weight excluding hydrogens is 258 g/mol. The molecule has 0 aromatic carbocycles. The molecule has 0 atom stereocenters. The molecule has 1 aromatic rings. The normalized spacial score (nSPS) is 16.3. The number of ketones is 1. The predicted molar refractivity (Wildman–Crippen MR) is 78.8 cm³/mol. The smallest absolute Gasteiger partial charge is 0.172 e. The standard InChI is InChI=1S/C15H23NO2S/c17-11-10-16(13-5-1-2-6-13)9-3-7-14(18)15-8-4-12-19-15/h4,8,12-13,17H,1-3,5-7,9-11H2. The number of hydrogen-bond donors (Lipinski definition) is 1. The van der Waals surface area contributed by atoms with Crippen molar-refractivity contribution in [2.45, 2.75) is 44.6 Å². The topological polar surface area (TPSA) is 40.5 Å². The number of aliphatic hydroxyl groups is 1. The van der Waals surface area contributed by atoms with E-state index >= 15 is 0 Å². The van der Waals surface area contributed by atoms with E-state index in [-0.39, 0.29) is 12.4 Å². The Morgan fingerprint density at radius 3 is 2.79 bits per heavy atom. The Balaban J connectivity index is 1.74. The lowest BCUT2D eigenvalue weighted by Crippen LogP contribution is -2.36. The van der Waals surface area contributed by atoms with Crippen LogP contribution in [0.3, 0.4) is 0 Å². The van der Waals surface area contributed by atoms with Crippen molar-refractivity contribution in [3.05, 3.63) is 22.4 Å². The fraction of sp³-hybridized carbons (Fsp3) is 0.667. The van der Waals surface area contributed by atoms with Gasteiger partial charge in [0.25, 0.3) is 0 Å². The molecule has 1 saturated carbocycles. The van der Waals surface area contributed by atoms with Gasteiger partial charge >= 0.3 is 0 Å². The largest absolute Gasteiger partial charge is 0.395 e. The molecule has 19 heavy (non-hydrogen) atoms. The van der Waals surface area contributed by atoms with Crippen molar-refractivity contribution in [3.8, 4) is 0 Å². The van der Waals surface area contributed by atoms with E-state index in [1.54, 1.807) is 0 Å². The summed E-state index contributed by atoms with van der Waals surface area (Å²) in [4.78, 5) is 15.1. The second-order valence-corrected chi connectivity index (χ2v) is 6.15. The first-order valence-corrected chi connectivity index (χ1v) is 8.11. The van der Waals surface area contributed by atoms with Gasteiger partial charge in [-0.3, -0.25) is 9.69 Å². The molecule has 0 unspecified atom stereocenters. The second kappa shape index (κ2) is 7.78. The Hall–Kier alpha value is -0.710. The van der Waals surface area contributed by atoms with Gasteiger partial charge in [0, 0.05) is 19.0 Å². The van der Waals surface area contributed by atoms with Crippen molar-refractivity contribution < 1.29 is 9.90 Å². The van der Waals surface area contributed by atoms with Gasteiger partial charge in [0.2, 0.25) is 0 Å². The average molecular weight is 281 g/mol. The zero-order chi connectivity index (χ0) is 13.5. The fourth-order valence-corrected chi connectivity index (χ4v) is 3.57. The van der Waals surface area contributed by atoms with E-state index in [9.17, 15) is 4.79 Å². The summed E-state index contributed by atoms with van der Waals surface area (Å²) in [5.41, 5.74) is 0. The molecule has 2 rings (SSSR count). The lowest BCUT2D eigenvalue weighted by atomic mass is 10.1. The maximum Gasteiger partial charge on any atom is 0.172 e. The van der Waals surface area contributed by atoms with Crippen LogP contribution in [-0.2, 0) is 0 Å². The number of rotatable bonds is 8. The van der Waals surface area contributed by atoms with Gasteiger partial charge < -0.3 is 5.11 Å². The second-order valence-electron chi connectivity index (χ2n) is 5.20. The third-order valence-electron chi connectivity index (χ3n) is 3.87. The number of aliphatic hydroxyl groups excluding tert-OH is 1. The summed E-state index contributed by atoms with van der Waals surface area (Å²) in [5.74, 6) is 0.255. The monoisotopic (exact) mass is 281 g/mol. The summed E-state index contributed by atoms with van der Waals surface area (Å²) in [6.07, 6.45) is 6.63. The van der Waals surface area contributed by atoms with Gasteiger partial charge in [-0.15, -0.1) is 11.3 Å². The van der Waals surface area contributed by atoms with Crippen LogP contribution in [0, 0.1) is 0 Å². The lowest BCUT2D eigenvalue weighted by molar-refractivity contribution is 0.0969. The summed E-state index contributed by atoms with van der Waals surface area (Å²) >= 11 is 1.52. The molecule has 1 N–H and O–H groups in total. The van der Waals surface area contributed by atoms with E-state index in [1.807, 2.05) is 17.5 Å². The highest BCUT2D eigenvalue weighted by Gasteiger charge is 2.21. The van der Waals surface area contributed by atoms with Crippen LogP contribution < -0.4 is 0 Å². The number of hydrogen-bond acceptors (Lipinski definition) is 4. The van der Waals surface area contributed by atoms with Crippen molar-refractivity contribution in [3.63, 3.8) is 0 Å². The third kappa shape index (κ3) is 4.41. The fourth-order valence-electron chi connectivity index (χ4n) is 2.88. The van der Waals surface area contributed by atoms with Gasteiger partial charge in [-0.05, 0) is 37.3 Å². The van der Waals surface area contributed by atoms with Crippen LogP contribution in [0.1, 0.15) is 48.2 Å². The highest BCUT2D eigenvalue weighted by Crippen LogP contribution is 2.23. The van der Waals surface area contributed by atoms with Gasteiger partial charge in [0.15, 0.2) is 5.78 Å².